The third-order valence-electron chi connectivity index (χ3n) is 3.53. The van der Waals surface area contributed by atoms with E-state index in [9.17, 15) is 9.90 Å². The number of carboxylic acids is 1. The first-order chi connectivity index (χ1) is 9.09. The van der Waals surface area contributed by atoms with Gasteiger partial charge in [-0.25, -0.2) is 0 Å². The Kier molecular flexibility index (Phi) is 4.66. The number of likely N-dealkylation sites (tertiary alicyclic amines) is 1. The Bertz CT molecular complexity index is 452. The van der Waals surface area contributed by atoms with Crippen molar-refractivity contribution in [1.82, 2.24) is 4.90 Å². The van der Waals surface area contributed by atoms with Crippen molar-refractivity contribution in [2.75, 3.05) is 19.7 Å². The molecule has 0 amide bonds. The molecule has 0 saturated carbocycles. The predicted octanol–water partition coefficient (Wildman–Crippen LogP) is 2.51. The Morgan fingerprint density at radius 1 is 1.53 bits per heavy atom. The van der Waals surface area contributed by atoms with E-state index in [1.807, 2.05) is 30.0 Å². The van der Waals surface area contributed by atoms with Crippen LogP contribution in [0.3, 0.4) is 0 Å². The smallest absolute Gasteiger partial charge is 0.321 e. The van der Waals surface area contributed by atoms with Crippen molar-refractivity contribution in [2.24, 2.45) is 5.92 Å². The van der Waals surface area contributed by atoms with Gasteiger partial charge in [-0.15, -0.1) is 0 Å². The molecule has 0 aromatic heterocycles. The van der Waals surface area contributed by atoms with Gasteiger partial charge in [-0.1, -0.05) is 30.7 Å². The number of benzene rings is 1. The minimum Gasteiger partial charge on any atom is -0.491 e. The van der Waals surface area contributed by atoms with Crippen LogP contribution >= 0.6 is 11.6 Å². The summed E-state index contributed by atoms with van der Waals surface area (Å²) in [7, 11) is 0. The van der Waals surface area contributed by atoms with Crippen LogP contribution in [0.4, 0.5) is 0 Å². The fourth-order valence-corrected chi connectivity index (χ4v) is 2.70. The number of rotatable bonds is 5. The Morgan fingerprint density at radius 2 is 2.26 bits per heavy atom. The summed E-state index contributed by atoms with van der Waals surface area (Å²) in [6.45, 7) is 3.84. The molecule has 0 bridgehead atoms. The topological polar surface area (TPSA) is 49.8 Å². The highest BCUT2D eigenvalue weighted by atomic mass is 35.5. The maximum atomic E-state index is 11.2. The number of hydrogen-bond acceptors (Lipinski definition) is 3. The maximum Gasteiger partial charge on any atom is 0.321 e. The average molecular weight is 284 g/mol. The molecule has 104 valence electrons. The number of ether oxygens (including phenoxy) is 1. The van der Waals surface area contributed by atoms with Gasteiger partial charge in [0.05, 0.1) is 5.02 Å². The van der Waals surface area contributed by atoms with Crippen molar-refractivity contribution >= 4 is 17.6 Å². The maximum absolute atomic E-state index is 11.2. The normalized spacial score (nSPS) is 23.5. The standard InChI is InChI=1S/C14H18ClNO3/c1-10-6-7-16(13(10)14(17)18)8-9-19-12-5-3-2-4-11(12)15/h2-5,10,13H,6-9H2,1H3,(H,17,18). The van der Waals surface area contributed by atoms with Crippen LogP contribution in [0.2, 0.25) is 5.02 Å². The number of aliphatic carboxylic acids is 1. The van der Waals surface area contributed by atoms with Crippen LogP contribution in [0.25, 0.3) is 0 Å². The largest absolute Gasteiger partial charge is 0.491 e. The van der Waals surface area contributed by atoms with Crippen LogP contribution in [-0.4, -0.2) is 41.7 Å². The quantitative estimate of drug-likeness (QED) is 0.902. The lowest BCUT2D eigenvalue weighted by atomic mass is 10.0. The lowest BCUT2D eigenvalue weighted by molar-refractivity contribution is -0.143. The summed E-state index contributed by atoms with van der Waals surface area (Å²) in [5.74, 6) is 0.0869. The third-order valence-corrected chi connectivity index (χ3v) is 3.84. The SMILES string of the molecule is CC1CCN(CCOc2ccccc2Cl)C1C(=O)O. The zero-order valence-corrected chi connectivity index (χ0v) is 11.6. The van der Waals surface area contributed by atoms with Crippen molar-refractivity contribution in [3.05, 3.63) is 29.3 Å². The molecule has 0 aliphatic carbocycles. The lowest BCUT2D eigenvalue weighted by Gasteiger charge is -2.23. The first-order valence-electron chi connectivity index (χ1n) is 6.44. The highest BCUT2D eigenvalue weighted by Crippen LogP contribution is 2.25. The van der Waals surface area contributed by atoms with E-state index in [2.05, 4.69) is 0 Å². The van der Waals surface area contributed by atoms with Crippen LogP contribution < -0.4 is 4.74 Å². The molecule has 1 aromatic rings. The van der Waals surface area contributed by atoms with Crippen LogP contribution in [0.1, 0.15) is 13.3 Å². The van der Waals surface area contributed by atoms with Gasteiger partial charge in [-0.05, 0) is 31.0 Å². The Labute approximate surface area is 117 Å². The second-order valence-electron chi connectivity index (χ2n) is 4.86. The van der Waals surface area contributed by atoms with E-state index < -0.39 is 12.0 Å². The molecule has 1 aliphatic heterocycles. The molecule has 19 heavy (non-hydrogen) atoms. The predicted molar refractivity (Wildman–Crippen MR) is 73.7 cm³/mol. The van der Waals surface area contributed by atoms with Crippen molar-refractivity contribution in [2.45, 2.75) is 19.4 Å². The first kappa shape index (κ1) is 14.2. The fourth-order valence-electron chi connectivity index (χ4n) is 2.51. The molecular formula is C14H18ClNO3. The van der Waals surface area contributed by atoms with Gasteiger partial charge in [0, 0.05) is 6.54 Å². The molecule has 1 aliphatic rings. The second-order valence-corrected chi connectivity index (χ2v) is 5.27. The molecule has 1 aromatic carbocycles. The van der Waals surface area contributed by atoms with Gasteiger partial charge in [-0.3, -0.25) is 9.69 Å². The first-order valence-corrected chi connectivity index (χ1v) is 6.81. The summed E-state index contributed by atoms with van der Waals surface area (Å²) in [5.41, 5.74) is 0. The van der Waals surface area contributed by atoms with Crippen molar-refractivity contribution in [3.8, 4) is 5.75 Å². The number of nitrogens with zero attached hydrogens (tertiary/aromatic N) is 1. The van der Waals surface area contributed by atoms with Crippen molar-refractivity contribution in [1.29, 1.82) is 0 Å². The molecule has 2 rings (SSSR count). The molecule has 5 heteroatoms. The minimum atomic E-state index is -0.747. The van der Waals surface area contributed by atoms with E-state index >= 15 is 0 Å². The van der Waals surface area contributed by atoms with E-state index in [1.165, 1.54) is 0 Å². The van der Waals surface area contributed by atoms with Gasteiger partial charge in [0.25, 0.3) is 0 Å². The van der Waals surface area contributed by atoms with Gasteiger partial charge in [-0.2, -0.15) is 0 Å². The lowest BCUT2D eigenvalue weighted by Crippen LogP contribution is -2.41. The molecule has 2 unspecified atom stereocenters. The molecule has 1 N–H and O–H groups in total. The van der Waals surface area contributed by atoms with Gasteiger partial charge < -0.3 is 9.84 Å². The summed E-state index contributed by atoms with van der Waals surface area (Å²) in [6, 6.07) is 6.89. The van der Waals surface area contributed by atoms with Crippen molar-refractivity contribution in [3.63, 3.8) is 0 Å². The summed E-state index contributed by atoms with van der Waals surface area (Å²) < 4.78 is 5.60. The molecule has 0 radical (unpaired) electrons. The summed E-state index contributed by atoms with van der Waals surface area (Å²) in [6.07, 6.45) is 0.920. The van der Waals surface area contributed by atoms with Crippen LogP contribution in [0.15, 0.2) is 24.3 Å². The van der Waals surface area contributed by atoms with E-state index in [0.717, 1.165) is 13.0 Å². The van der Waals surface area contributed by atoms with Gasteiger partial charge in [0.1, 0.15) is 18.4 Å². The van der Waals surface area contributed by atoms with Gasteiger partial charge >= 0.3 is 5.97 Å². The average Bonchev–Trinajstić information content (AvgIpc) is 2.73. The van der Waals surface area contributed by atoms with E-state index in [0.29, 0.717) is 23.9 Å². The van der Waals surface area contributed by atoms with Gasteiger partial charge in [0.2, 0.25) is 0 Å². The summed E-state index contributed by atoms with van der Waals surface area (Å²) in [4.78, 5) is 13.2. The van der Waals surface area contributed by atoms with Crippen molar-refractivity contribution < 1.29 is 14.6 Å². The monoisotopic (exact) mass is 283 g/mol. The third kappa shape index (κ3) is 3.39. The highest BCUT2D eigenvalue weighted by molar-refractivity contribution is 6.32. The molecule has 4 nitrogen and oxygen atoms in total. The van der Waals surface area contributed by atoms with E-state index in [4.69, 9.17) is 16.3 Å². The Balaban J connectivity index is 1.86. The summed E-state index contributed by atoms with van der Waals surface area (Å²) in [5, 5.41) is 9.79. The summed E-state index contributed by atoms with van der Waals surface area (Å²) >= 11 is 5.99. The highest BCUT2D eigenvalue weighted by Gasteiger charge is 2.36. The number of carbonyl (C=O) groups is 1. The Morgan fingerprint density at radius 3 is 2.95 bits per heavy atom. The van der Waals surface area contributed by atoms with E-state index in [-0.39, 0.29) is 5.92 Å². The molecule has 1 fully saturated rings. The number of carboxylic acid groups (broad SMARTS) is 1. The molecule has 0 spiro atoms. The number of halogens is 1. The molecular weight excluding hydrogens is 266 g/mol. The van der Waals surface area contributed by atoms with E-state index in [1.54, 1.807) is 6.07 Å². The van der Waals surface area contributed by atoms with Crippen LogP contribution in [-0.2, 0) is 4.79 Å². The Hall–Kier alpha value is -1.26. The zero-order chi connectivity index (χ0) is 13.8. The number of hydrogen-bond donors (Lipinski definition) is 1. The fraction of sp³-hybridized carbons (Fsp3) is 0.500. The molecule has 1 saturated heterocycles. The van der Waals surface area contributed by atoms with Gasteiger partial charge in [0.15, 0.2) is 0 Å². The second kappa shape index (κ2) is 6.26. The van der Waals surface area contributed by atoms with Crippen LogP contribution in [0.5, 0.6) is 5.75 Å². The number of para-hydroxylation sites is 1. The van der Waals surface area contributed by atoms with Crippen LogP contribution in [0, 0.1) is 5.92 Å². The molecule has 2 atom stereocenters. The molecule has 1 heterocycles. The zero-order valence-electron chi connectivity index (χ0n) is 10.9. The minimum absolute atomic E-state index is 0.192.